The van der Waals surface area contributed by atoms with Gasteiger partial charge in [-0.3, -0.25) is 4.79 Å². The van der Waals surface area contributed by atoms with Gasteiger partial charge in [-0.1, -0.05) is 16.8 Å². The number of anilines is 1. The summed E-state index contributed by atoms with van der Waals surface area (Å²) in [5.74, 6) is 1.19. The number of carbonyl (C=O) groups excluding carboxylic acids is 1. The average Bonchev–Trinajstić information content (AvgIpc) is 3.42. The number of aromatic nitrogens is 2. The summed E-state index contributed by atoms with van der Waals surface area (Å²) in [7, 11) is 0. The second-order valence-corrected chi connectivity index (χ2v) is 6.94. The van der Waals surface area contributed by atoms with E-state index >= 15 is 0 Å². The Balaban J connectivity index is 1.37. The van der Waals surface area contributed by atoms with Crippen LogP contribution in [0.1, 0.15) is 18.2 Å². The molecule has 0 N–H and O–H groups in total. The molecule has 1 saturated heterocycles. The van der Waals surface area contributed by atoms with E-state index in [9.17, 15) is 9.18 Å². The Hall–Kier alpha value is -3.13. The Labute approximate surface area is 163 Å². The summed E-state index contributed by atoms with van der Waals surface area (Å²) < 4.78 is 29.4. The molecule has 9 heteroatoms. The number of fused-ring (bicyclic) bond motifs is 1. The number of amides is 1. The van der Waals surface area contributed by atoms with Crippen LogP contribution in [0.3, 0.4) is 0 Å². The first kappa shape index (κ1) is 17.0. The van der Waals surface area contributed by atoms with Crippen molar-refractivity contribution in [3.8, 4) is 23.0 Å². The highest BCUT2D eigenvalue weighted by atomic mass is 35.5. The Morgan fingerprint density at radius 1 is 1.14 bits per heavy atom. The number of ether oxygens (including phenoxy) is 2. The van der Waals surface area contributed by atoms with Crippen molar-refractivity contribution in [1.82, 2.24) is 10.1 Å². The van der Waals surface area contributed by atoms with Crippen LogP contribution in [-0.2, 0) is 4.79 Å². The van der Waals surface area contributed by atoms with Crippen LogP contribution >= 0.6 is 11.6 Å². The van der Waals surface area contributed by atoms with Crippen molar-refractivity contribution in [2.75, 3.05) is 18.2 Å². The van der Waals surface area contributed by atoms with Crippen molar-refractivity contribution in [2.45, 2.75) is 12.3 Å². The maximum atomic E-state index is 13.4. The van der Waals surface area contributed by atoms with E-state index in [2.05, 4.69) is 10.1 Å². The molecule has 2 aliphatic heterocycles. The molecule has 1 amide bonds. The lowest BCUT2D eigenvalue weighted by atomic mass is 10.1. The van der Waals surface area contributed by atoms with Crippen LogP contribution in [0.5, 0.6) is 11.5 Å². The van der Waals surface area contributed by atoms with Crippen molar-refractivity contribution >= 4 is 23.2 Å². The molecule has 0 bridgehead atoms. The molecule has 142 valence electrons. The second-order valence-electron chi connectivity index (χ2n) is 6.53. The summed E-state index contributed by atoms with van der Waals surface area (Å²) in [5, 5.41) is 4.01. The van der Waals surface area contributed by atoms with Gasteiger partial charge >= 0.3 is 0 Å². The largest absolute Gasteiger partial charge is 0.454 e. The van der Waals surface area contributed by atoms with Gasteiger partial charge in [0.15, 0.2) is 17.3 Å². The van der Waals surface area contributed by atoms with E-state index in [1.165, 1.54) is 18.2 Å². The molecule has 2 aromatic carbocycles. The molecule has 2 aliphatic rings. The minimum Gasteiger partial charge on any atom is -0.454 e. The molecule has 0 aliphatic carbocycles. The number of hydrogen-bond acceptors (Lipinski definition) is 6. The molecule has 3 aromatic rings. The van der Waals surface area contributed by atoms with Crippen molar-refractivity contribution < 1.29 is 23.2 Å². The predicted octanol–water partition coefficient (Wildman–Crippen LogP) is 3.78. The fourth-order valence-electron chi connectivity index (χ4n) is 3.33. The van der Waals surface area contributed by atoms with Crippen LogP contribution in [0.2, 0.25) is 5.02 Å². The maximum absolute atomic E-state index is 13.4. The van der Waals surface area contributed by atoms with Crippen molar-refractivity contribution in [3.63, 3.8) is 0 Å². The summed E-state index contributed by atoms with van der Waals surface area (Å²) in [6.45, 7) is 0.544. The molecule has 0 spiro atoms. The molecule has 0 radical (unpaired) electrons. The summed E-state index contributed by atoms with van der Waals surface area (Å²) >= 11 is 5.83. The number of carbonyl (C=O) groups is 1. The van der Waals surface area contributed by atoms with E-state index in [0.717, 1.165) is 0 Å². The lowest BCUT2D eigenvalue weighted by molar-refractivity contribution is -0.117. The molecule has 3 heterocycles. The molecule has 0 saturated carbocycles. The zero-order valence-electron chi connectivity index (χ0n) is 14.4. The first-order valence-electron chi connectivity index (χ1n) is 8.57. The minimum absolute atomic E-state index is 0.0293. The summed E-state index contributed by atoms with van der Waals surface area (Å²) in [4.78, 5) is 18.4. The standard InChI is InChI=1S/C19H13ClFN3O4/c20-13-7-12(2-3-14(13)21)24-8-11(6-17(24)25)18-22-19(28-23-18)10-1-4-15-16(5-10)27-9-26-15/h1-5,7,11H,6,8-9H2. The van der Waals surface area contributed by atoms with Crippen molar-refractivity contribution in [3.05, 3.63) is 53.1 Å². The van der Waals surface area contributed by atoms with E-state index in [1.807, 2.05) is 0 Å². The lowest BCUT2D eigenvalue weighted by Crippen LogP contribution is -2.24. The molecule has 28 heavy (non-hydrogen) atoms. The normalized spacial score (nSPS) is 18.1. The van der Waals surface area contributed by atoms with Gasteiger partial charge in [-0.2, -0.15) is 4.98 Å². The van der Waals surface area contributed by atoms with E-state index in [4.69, 9.17) is 25.6 Å². The second kappa shape index (κ2) is 6.49. The number of rotatable bonds is 3. The highest BCUT2D eigenvalue weighted by Crippen LogP contribution is 2.37. The van der Waals surface area contributed by atoms with E-state index in [-0.39, 0.29) is 30.1 Å². The maximum Gasteiger partial charge on any atom is 0.258 e. The summed E-state index contributed by atoms with van der Waals surface area (Å²) in [5.41, 5.74) is 1.24. The van der Waals surface area contributed by atoms with Crippen LogP contribution in [0.25, 0.3) is 11.5 Å². The SMILES string of the molecule is O=C1CC(c2noc(-c3ccc4c(c3)OCO4)n2)CN1c1ccc(F)c(Cl)c1. The quantitative estimate of drug-likeness (QED) is 0.664. The topological polar surface area (TPSA) is 77.7 Å². The van der Waals surface area contributed by atoms with Crippen LogP contribution in [0, 0.1) is 5.82 Å². The Kier molecular flexibility index (Phi) is 3.94. The third-order valence-electron chi connectivity index (χ3n) is 4.77. The molecule has 1 aromatic heterocycles. The zero-order valence-corrected chi connectivity index (χ0v) is 15.1. The molecular formula is C19H13ClFN3O4. The molecule has 5 rings (SSSR count). The number of hydrogen-bond donors (Lipinski definition) is 0. The van der Waals surface area contributed by atoms with Gasteiger partial charge in [-0.05, 0) is 36.4 Å². The van der Waals surface area contributed by atoms with Gasteiger partial charge in [0, 0.05) is 30.1 Å². The van der Waals surface area contributed by atoms with Crippen molar-refractivity contribution in [1.29, 1.82) is 0 Å². The zero-order chi connectivity index (χ0) is 19.3. The fraction of sp³-hybridized carbons (Fsp3) is 0.211. The number of benzene rings is 2. The average molecular weight is 402 g/mol. The first-order valence-corrected chi connectivity index (χ1v) is 8.95. The van der Waals surface area contributed by atoms with Crippen molar-refractivity contribution in [2.24, 2.45) is 0 Å². The molecule has 1 atom stereocenters. The first-order chi connectivity index (χ1) is 13.6. The van der Waals surface area contributed by atoms with Crippen LogP contribution < -0.4 is 14.4 Å². The van der Waals surface area contributed by atoms with Crippen LogP contribution in [0.4, 0.5) is 10.1 Å². The Morgan fingerprint density at radius 2 is 2.00 bits per heavy atom. The van der Waals surface area contributed by atoms with E-state index < -0.39 is 5.82 Å². The van der Waals surface area contributed by atoms with Gasteiger partial charge in [0.25, 0.3) is 5.89 Å². The van der Waals surface area contributed by atoms with Gasteiger partial charge in [0.1, 0.15) is 5.82 Å². The summed E-state index contributed by atoms with van der Waals surface area (Å²) in [6, 6.07) is 9.55. The number of nitrogens with zero attached hydrogens (tertiary/aromatic N) is 3. The van der Waals surface area contributed by atoms with E-state index in [0.29, 0.717) is 41.0 Å². The van der Waals surface area contributed by atoms with Crippen LogP contribution in [-0.4, -0.2) is 29.4 Å². The molecule has 7 nitrogen and oxygen atoms in total. The predicted molar refractivity (Wildman–Crippen MR) is 97.0 cm³/mol. The highest BCUT2D eigenvalue weighted by Gasteiger charge is 2.35. The Bertz CT molecular complexity index is 1090. The molecular weight excluding hydrogens is 389 g/mol. The summed E-state index contributed by atoms with van der Waals surface area (Å²) in [6.07, 6.45) is 0.231. The van der Waals surface area contributed by atoms with E-state index in [1.54, 1.807) is 23.1 Å². The highest BCUT2D eigenvalue weighted by molar-refractivity contribution is 6.31. The third-order valence-corrected chi connectivity index (χ3v) is 5.06. The molecule has 1 fully saturated rings. The van der Waals surface area contributed by atoms with Gasteiger partial charge in [-0.25, -0.2) is 4.39 Å². The van der Waals surface area contributed by atoms with Gasteiger partial charge in [0.2, 0.25) is 12.7 Å². The third kappa shape index (κ3) is 2.86. The van der Waals surface area contributed by atoms with Gasteiger partial charge in [0.05, 0.1) is 5.02 Å². The smallest absolute Gasteiger partial charge is 0.258 e. The van der Waals surface area contributed by atoms with Gasteiger partial charge < -0.3 is 18.9 Å². The van der Waals surface area contributed by atoms with Crippen LogP contribution in [0.15, 0.2) is 40.9 Å². The molecule has 1 unspecified atom stereocenters. The Morgan fingerprint density at radius 3 is 2.86 bits per heavy atom. The fourth-order valence-corrected chi connectivity index (χ4v) is 3.51. The minimum atomic E-state index is -0.528. The lowest BCUT2D eigenvalue weighted by Gasteiger charge is -2.16. The number of halogens is 2. The van der Waals surface area contributed by atoms with Gasteiger partial charge in [-0.15, -0.1) is 0 Å². The monoisotopic (exact) mass is 401 g/mol.